The number of aromatic nitrogens is 1. The molecule has 0 spiro atoms. The lowest BCUT2D eigenvalue weighted by Gasteiger charge is -2.16. The number of pyridine rings is 1. The second-order valence-corrected chi connectivity index (χ2v) is 5.68. The lowest BCUT2D eigenvalue weighted by Crippen LogP contribution is -2.14. The van der Waals surface area contributed by atoms with Gasteiger partial charge in [0.25, 0.3) is 0 Å². The van der Waals surface area contributed by atoms with Crippen molar-refractivity contribution < 1.29 is 9.47 Å². The number of rotatable bonds is 8. The highest BCUT2D eigenvalue weighted by Crippen LogP contribution is 2.31. The first-order valence-corrected chi connectivity index (χ1v) is 8.29. The third kappa shape index (κ3) is 5.48. The van der Waals surface area contributed by atoms with E-state index >= 15 is 0 Å². The SMILES string of the molecule is COc1cccc(CNCc2ccncc2)c1OCc1ccccc1.Cl. The Bertz CT molecular complexity index is 783. The van der Waals surface area contributed by atoms with Gasteiger partial charge in [-0.15, -0.1) is 12.4 Å². The minimum atomic E-state index is 0. The van der Waals surface area contributed by atoms with Crippen LogP contribution in [0.4, 0.5) is 0 Å². The van der Waals surface area contributed by atoms with E-state index in [1.807, 2.05) is 42.5 Å². The van der Waals surface area contributed by atoms with Crippen molar-refractivity contribution in [3.8, 4) is 11.5 Å². The highest BCUT2D eigenvalue weighted by atomic mass is 35.5. The molecule has 1 aromatic heterocycles. The van der Waals surface area contributed by atoms with Gasteiger partial charge < -0.3 is 14.8 Å². The molecule has 0 saturated heterocycles. The van der Waals surface area contributed by atoms with Crippen LogP contribution in [0.2, 0.25) is 0 Å². The van der Waals surface area contributed by atoms with E-state index in [4.69, 9.17) is 9.47 Å². The lowest BCUT2D eigenvalue weighted by atomic mass is 10.1. The van der Waals surface area contributed by atoms with Crippen molar-refractivity contribution >= 4 is 12.4 Å². The molecule has 4 nitrogen and oxygen atoms in total. The third-order valence-electron chi connectivity index (χ3n) is 3.90. The van der Waals surface area contributed by atoms with Crippen molar-refractivity contribution in [3.05, 3.63) is 89.7 Å². The maximum atomic E-state index is 6.07. The van der Waals surface area contributed by atoms with Gasteiger partial charge in [0.15, 0.2) is 11.5 Å². The normalized spacial score (nSPS) is 10.0. The topological polar surface area (TPSA) is 43.4 Å². The summed E-state index contributed by atoms with van der Waals surface area (Å²) in [6.07, 6.45) is 3.61. The summed E-state index contributed by atoms with van der Waals surface area (Å²) in [5, 5.41) is 3.44. The number of benzene rings is 2. The van der Waals surface area contributed by atoms with Gasteiger partial charge in [0, 0.05) is 31.0 Å². The Morgan fingerprint density at radius 2 is 1.62 bits per heavy atom. The molecule has 0 radical (unpaired) electrons. The molecular formula is C21H23ClN2O2. The van der Waals surface area contributed by atoms with Crippen LogP contribution in [0.5, 0.6) is 11.5 Å². The van der Waals surface area contributed by atoms with Gasteiger partial charge in [-0.25, -0.2) is 0 Å². The molecule has 0 aliphatic carbocycles. The van der Waals surface area contributed by atoms with Crippen LogP contribution >= 0.6 is 12.4 Å². The molecule has 0 amide bonds. The molecule has 5 heteroatoms. The van der Waals surface area contributed by atoms with Crippen LogP contribution in [0.15, 0.2) is 73.1 Å². The van der Waals surface area contributed by atoms with Crippen LogP contribution in [-0.2, 0) is 19.7 Å². The second kappa shape index (κ2) is 10.4. The van der Waals surface area contributed by atoms with Gasteiger partial charge in [-0.1, -0.05) is 42.5 Å². The second-order valence-electron chi connectivity index (χ2n) is 5.68. The number of halogens is 1. The van der Waals surface area contributed by atoms with Gasteiger partial charge in [0.05, 0.1) is 7.11 Å². The number of hydrogen-bond acceptors (Lipinski definition) is 4. The number of para-hydroxylation sites is 1. The summed E-state index contributed by atoms with van der Waals surface area (Å²) in [4.78, 5) is 4.04. The molecule has 3 aromatic rings. The molecule has 1 heterocycles. The predicted octanol–water partition coefficient (Wildman–Crippen LogP) is 4.38. The molecule has 3 rings (SSSR count). The number of methoxy groups -OCH3 is 1. The van der Waals surface area contributed by atoms with E-state index in [1.54, 1.807) is 19.5 Å². The fourth-order valence-electron chi connectivity index (χ4n) is 2.60. The molecule has 0 unspecified atom stereocenters. The van der Waals surface area contributed by atoms with Gasteiger partial charge >= 0.3 is 0 Å². The van der Waals surface area contributed by atoms with Crippen molar-refractivity contribution in [2.75, 3.05) is 7.11 Å². The molecule has 0 bridgehead atoms. The van der Waals surface area contributed by atoms with Crippen LogP contribution in [-0.4, -0.2) is 12.1 Å². The Morgan fingerprint density at radius 3 is 2.35 bits per heavy atom. The van der Waals surface area contributed by atoms with Gasteiger partial charge in [0.1, 0.15) is 6.61 Å². The van der Waals surface area contributed by atoms with Crippen LogP contribution in [0, 0.1) is 0 Å². The minimum absolute atomic E-state index is 0. The van der Waals surface area contributed by atoms with Gasteiger partial charge in [-0.3, -0.25) is 4.98 Å². The van der Waals surface area contributed by atoms with Crippen LogP contribution < -0.4 is 14.8 Å². The minimum Gasteiger partial charge on any atom is -0.493 e. The molecular weight excluding hydrogens is 348 g/mol. The fourth-order valence-corrected chi connectivity index (χ4v) is 2.60. The number of nitrogens with one attached hydrogen (secondary N) is 1. The summed E-state index contributed by atoms with van der Waals surface area (Å²) >= 11 is 0. The highest BCUT2D eigenvalue weighted by Gasteiger charge is 2.10. The molecule has 0 saturated carbocycles. The van der Waals surface area contributed by atoms with Crippen molar-refractivity contribution in [3.63, 3.8) is 0 Å². The maximum Gasteiger partial charge on any atom is 0.166 e. The molecule has 0 aliphatic rings. The number of nitrogens with zero attached hydrogens (tertiary/aromatic N) is 1. The van der Waals surface area contributed by atoms with E-state index in [0.29, 0.717) is 13.2 Å². The van der Waals surface area contributed by atoms with E-state index in [9.17, 15) is 0 Å². The Morgan fingerprint density at radius 1 is 0.846 bits per heavy atom. The summed E-state index contributed by atoms with van der Waals surface area (Å²) in [5.41, 5.74) is 3.40. The van der Waals surface area contributed by atoms with E-state index in [2.05, 4.69) is 28.5 Å². The number of hydrogen-bond donors (Lipinski definition) is 1. The van der Waals surface area contributed by atoms with Gasteiger partial charge in [-0.05, 0) is 29.3 Å². The largest absolute Gasteiger partial charge is 0.493 e. The predicted molar refractivity (Wildman–Crippen MR) is 106 cm³/mol. The third-order valence-corrected chi connectivity index (χ3v) is 3.90. The first-order chi connectivity index (χ1) is 12.4. The number of ether oxygens (including phenoxy) is 2. The molecule has 0 fully saturated rings. The zero-order valence-electron chi connectivity index (χ0n) is 14.7. The van der Waals surface area contributed by atoms with Crippen LogP contribution in [0.3, 0.4) is 0 Å². The van der Waals surface area contributed by atoms with Crippen LogP contribution in [0.25, 0.3) is 0 Å². The average molecular weight is 371 g/mol. The average Bonchev–Trinajstić information content (AvgIpc) is 2.68. The lowest BCUT2D eigenvalue weighted by molar-refractivity contribution is 0.280. The van der Waals surface area contributed by atoms with E-state index < -0.39 is 0 Å². The first-order valence-electron chi connectivity index (χ1n) is 8.29. The highest BCUT2D eigenvalue weighted by molar-refractivity contribution is 5.85. The summed E-state index contributed by atoms with van der Waals surface area (Å²) in [6, 6.07) is 20.1. The molecule has 0 aliphatic heterocycles. The fraction of sp³-hybridized carbons (Fsp3) is 0.190. The van der Waals surface area contributed by atoms with Crippen LogP contribution in [0.1, 0.15) is 16.7 Å². The van der Waals surface area contributed by atoms with Crippen molar-refractivity contribution in [2.45, 2.75) is 19.7 Å². The Hall–Kier alpha value is -2.56. The van der Waals surface area contributed by atoms with Crippen molar-refractivity contribution in [1.29, 1.82) is 0 Å². The summed E-state index contributed by atoms with van der Waals surface area (Å²) in [5.74, 6) is 1.54. The first kappa shape index (κ1) is 19.8. The van der Waals surface area contributed by atoms with E-state index in [0.717, 1.165) is 29.2 Å². The molecule has 26 heavy (non-hydrogen) atoms. The van der Waals surface area contributed by atoms with Crippen molar-refractivity contribution in [2.24, 2.45) is 0 Å². The summed E-state index contributed by atoms with van der Waals surface area (Å²) in [6.45, 7) is 1.99. The molecule has 136 valence electrons. The zero-order chi connectivity index (χ0) is 17.3. The molecule has 1 N–H and O–H groups in total. The summed E-state index contributed by atoms with van der Waals surface area (Å²) in [7, 11) is 1.67. The molecule has 0 atom stereocenters. The van der Waals surface area contributed by atoms with E-state index in [1.165, 1.54) is 5.56 Å². The van der Waals surface area contributed by atoms with Gasteiger partial charge in [-0.2, -0.15) is 0 Å². The monoisotopic (exact) mass is 370 g/mol. The Balaban J connectivity index is 0.00000243. The summed E-state index contributed by atoms with van der Waals surface area (Å²) < 4.78 is 11.6. The standard InChI is InChI=1S/C21H22N2O2.ClH/c1-24-20-9-5-8-19(15-23-14-17-10-12-22-13-11-17)21(20)25-16-18-6-3-2-4-7-18;/h2-13,23H,14-16H2,1H3;1H. The van der Waals surface area contributed by atoms with E-state index in [-0.39, 0.29) is 12.4 Å². The molecule has 2 aromatic carbocycles. The maximum absolute atomic E-state index is 6.07. The smallest absolute Gasteiger partial charge is 0.166 e. The van der Waals surface area contributed by atoms with Crippen molar-refractivity contribution in [1.82, 2.24) is 10.3 Å². The van der Waals surface area contributed by atoms with Gasteiger partial charge in [0.2, 0.25) is 0 Å². The Labute approximate surface area is 160 Å². The quantitative estimate of drug-likeness (QED) is 0.639. The zero-order valence-corrected chi connectivity index (χ0v) is 15.5. The Kier molecular flexibility index (Phi) is 7.93.